The van der Waals surface area contributed by atoms with E-state index in [9.17, 15) is 4.39 Å². The van der Waals surface area contributed by atoms with Gasteiger partial charge in [0.1, 0.15) is 5.82 Å². The van der Waals surface area contributed by atoms with Gasteiger partial charge in [-0.2, -0.15) is 0 Å². The maximum Gasteiger partial charge on any atom is 0.129 e. The third-order valence-electron chi connectivity index (χ3n) is 3.73. The Morgan fingerprint density at radius 2 is 2.18 bits per heavy atom. The highest BCUT2D eigenvalue weighted by molar-refractivity contribution is 5.47. The van der Waals surface area contributed by atoms with Crippen LogP contribution in [-0.2, 0) is 6.54 Å². The molecule has 17 heavy (non-hydrogen) atoms. The second-order valence-electron chi connectivity index (χ2n) is 4.93. The highest BCUT2D eigenvalue weighted by Crippen LogP contribution is 2.28. The minimum atomic E-state index is -0.183. The zero-order chi connectivity index (χ0) is 12.3. The summed E-state index contributed by atoms with van der Waals surface area (Å²) < 4.78 is 13.7. The van der Waals surface area contributed by atoms with Gasteiger partial charge < -0.3 is 5.73 Å². The fraction of sp³-hybridized carbons (Fsp3) is 0.571. The van der Waals surface area contributed by atoms with E-state index in [1.54, 1.807) is 12.1 Å². The van der Waals surface area contributed by atoms with Crippen molar-refractivity contribution in [3.8, 4) is 0 Å². The molecule has 1 fully saturated rings. The molecule has 1 aliphatic rings. The molecule has 1 aliphatic carbocycles. The minimum absolute atomic E-state index is 0.183. The summed E-state index contributed by atoms with van der Waals surface area (Å²) in [5.74, 6) is 0.625. The van der Waals surface area contributed by atoms with Gasteiger partial charge in [0.15, 0.2) is 0 Å². The number of hydrogen-bond acceptors (Lipinski definition) is 2. The first-order valence-corrected chi connectivity index (χ1v) is 6.46. The number of halogens is 1. The molecule has 0 amide bonds. The Labute approximate surface area is 103 Å². The molecular formula is C14H21FN2. The Bertz CT molecular complexity index is 354. The predicted molar refractivity (Wildman–Crippen MR) is 69.1 cm³/mol. The van der Waals surface area contributed by atoms with Gasteiger partial charge in [0.2, 0.25) is 0 Å². The number of anilines is 1. The summed E-state index contributed by atoms with van der Waals surface area (Å²) in [6, 6.07) is 4.93. The van der Waals surface area contributed by atoms with E-state index in [0.29, 0.717) is 17.8 Å². The molecule has 2 nitrogen and oxygen atoms in total. The van der Waals surface area contributed by atoms with Crippen LogP contribution in [0.5, 0.6) is 0 Å². The molecule has 2 rings (SSSR count). The number of hydrogen-bond donors (Lipinski definition) is 1. The summed E-state index contributed by atoms with van der Waals surface area (Å²) in [6.07, 6.45) is 4.00. The van der Waals surface area contributed by atoms with Crippen LogP contribution in [0.2, 0.25) is 0 Å². The SMILES string of the molecule is CCN(Cc1c(N)cccc1F)CC1CCC1. The molecule has 0 bridgehead atoms. The molecule has 0 aromatic heterocycles. The molecule has 0 aliphatic heterocycles. The van der Waals surface area contributed by atoms with Crippen molar-refractivity contribution in [2.24, 2.45) is 5.92 Å². The second kappa shape index (κ2) is 5.50. The Hall–Kier alpha value is -1.09. The Balaban J connectivity index is 2.01. The van der Waals surface area contributed by atoms with Gasteiger partial charge in [0.05, 0.1) is 0 Å². The number of nitrogens with two attached hydrogens (primary N) is 1. The monoisotopic (exact) mass is 236 g/mol. The average Bonchev–Trinajstić information content (AvgIpc) is 2.25. The van der Waals surface area contributed by atoms with Crippen molar-refractivity contribution in [1.82, 2.24) is 4.90 Å². The lowest BCUT2D eigenvalue weighted by Gasteiger charge is -2.32. The van der Waals surface area contributed by atoms with E-state index in [-0.39, 0.29) is 5.82 Å². The highest BCUT2D eigenvalue weighted by atomic mass is 19.1. The molecule has 0 unspecified atom stereocenters. The molecule has 1 saturated carbocycles. The largest absolute Gasteiger partial charge is 0.398 e. The van der Waals surface area contributed by atoms with E-state index in [4.69, 9.17) is 5.73 Å². The number of rotatable bonds is 5. The Kier molecular flexibility index (Phi) is 4.00. The summed E-state index contributed by atoms with van der Waals surface area (Å²) in [6.45, 7) is 4.77. The smallest absolute Gasteiger partial charge is 0.129 e. The van der Waals surface area contributed by atoms with E-state index in [1.807, 2.05) is 0 Å². The van der Waals surface area contributed by atoms with Crippen molar-refractivity contribution in [2.45, 2.75) is 32.7 Å². The highest BCUT2D eigenvalue weighted by Gasteiger charge is 2.21. The van der Waals surface area contributed by atoms with Gasteiger partial charge in [-0.15, -0.1) is 0 Å². The molecule has 0 saturated heterocycles. The Morgan fingerprint density at radius 1 is 1.41 bits per heavy atom. The summed E-state index contributed by atoms with van der Waals surface area (Å²) in [5.41, 5.74) is 7.05. The normalized spacial score (nSPS) is 16.2. The first kappa shape index (κ1) is 12.4. The molecular weight excluding hydrogens is 215 g/mol. The fourth-order valence-corrected chi connectivity index (χ4v) is 2.31. The first-order valence-electron chi connectivity index (χ1n) is 6.46. The van der Waals surface area contributed by atoms with Crippen LogP contribution >= 0.6 is 0 Å². The van der Waals surface area contributed by atoms with Crippen LogP contribution in [0, 0.1) is 11.7 Å². The van der Waals surface area contributed by atoms with Crippen molar-refractivity contribution >= 4 is 5.69 Å². The van der Waals surface area contributed by atoms with Crippen molar-refractivity contribution in [2.75, 3.05) is 18.8 Å². The fourth-order valence-electron chi connectivity index (χ4n) is 2.31. The van der Waals surface area contributed by atoms with Gasteiger partial charge in [-0.3, -0.25) is 4.90 Å². The number of nitrogen functional groups attached to an aromatic ring is 1. The molecule has 2 N–H and O–H groups in total. The lowest BCUT2D eigenvalue weighted by molar-refractivity contribution is 0.177. The molecule has 94 valence electrons. The molecule has 1 aromatic carbocycles. The molecule has 0 heterocycles. The topological polar surface area (TPSA) is 29.3 Å². The van der Waals surface area contributed by atoms with Crippen molar-refractivity contribution < 1.29 is 4.39 Å². The van der Waals surface area contributed by atoms with Crippen molar-refractivity contribution in [1.29, 1.82) is 0 Å². The Morgan fingerprint density at radius 3 is 2.71 bits per heavy atom. The molecule has 0 spiro atoms. The van der Waals surface area contributed by atoms with Gasteiger partial charge in [0.25, 0.3) is 0 Å². The average molecular weight is 236 g/mol. The molecule has 1 aromatic rings. The first-order chi connectivity index (χ1) is 8.20. The minimum Gasteiger partial charge on any atom is -0.398 e. The van der Waals surface area contributed by atoms with Crippen LogP contribution in [0.1, 0.15) is 31.7 Å². The maximum absolute atomic E-state index is 13.7. The molecule has 0 radical (unpaired) electrons. The zero-order valence-corrected chi connectivity index (χ0v) is 10.5. The van der Waals surface area contributed by atoms with E-state index in [1.165, 1.54) is 25.3 Å². The third kappa shape index (κ3) is 2.97. The van der Waals surface area contributed by atoms with Gasteiger partial charge in [0, 0.05) is 24.3 Å². The lowest BCUT2D eigenvalue weighted by Crippen LogP contribution is -2.32. The van der Waals surface area contributed by atoms with E-state index in [0.717, 1.165) is 19.0 Å². The van der Waals surface area contributed by atoms with Crippen LogP contribution in [0.25, 0.3) is 0 Å². The van der Waals surface area contributed by atoms with Crippen LogP contribution in [0.15, 0.2) is 18.2 Å². The van der Waals surface area contributed by atoms with Crippen molar-refractivity contribution in [3.63, 3.8) is 0 Å². The number of nitrogens with zero attached hydrogens (tertiary/aromatic N) is 1. The van der Waals surface area contributed by atoms with E-state index < -0.39 is 0 Å². The predicted octanol–water partition coefficient (Wildman–Crippen LogP) is 3.03. The van der Waals surface area contributed by atoms with E-state index >= 15 is 0 Å². The summed E-state index contributed by atoms with van der Waals surface area (Å²) in [5, 5.41) is 0. The number of benzene rings is 1. The van der Waals surface area contributed by atoms with Gasteiger partial charge >= 0.3 is 0 Å². The summed E-state index contributed by atoms with van der Waals surface area (Å²) in [7, 11) is 0. The van der Waals surface area contributed by atoms with Crippen LogP contribution < -0.4 is 5.73 Å². The molecule has 3 heteroatoms. The van der Waals surface area contributed by atoms with Crippen LogP contribution in [0.3, 0.4) is 0 Å². The second-order valence-corrected chi connectivity index (χ2v) is 4.93. The third-order valence-corrected chi connectivity index (χ3v) is 3.73. The van der Waals surface area contributed by atoms with Crippen LogP contribution in [0.4, 0.5) is 10.1 Å². The van der Waals surface area contributed by atoms with Crippen LogP contribution in [-0.4, -0.2) is 18.0 Å². The van der Waals surface area contributed by atoms with Gasteiger partial charge in [-0.1, -0.05) is 19.4 Å². The maximum atomic E-state index is 13.7. The van der Waals surface area contributed by atoms with Gasteiger partial charge in [-0.05, 0) is 37.4 Å². The lowest BCUT2D eigenvalue weighted by atomic mass is 9.85. The molecule has 0 atom stereocenters. The standard InChI is InChI=1S/C14H21FN2/c1-2-17(9-11-5-3-6-11)10-12-13(15)7-4-8-14(12)16/h4,7-8,11H,2-3,5-6,9-10,16H2,1H3. The van der Waals surface area contributed by atoms with E-state index in [2.05, 4.69) is 11.8 Å². The quantitative estimate of drug-likeness (QED) is 0.796. The zero-order valence-electron chi connectivity index (χ0n) is 10.5. The van der Waals surface area contributed by atoms with Gasteiger partial charge in [-0.25, -0.2) is 4.39 Å². The summed E-state index contributed by atoms with van der Waals surface area (Å²) in [4.78, 5) is 2.29. The van der Waals surface area contributed by atoms with Crippen molar-refractivity contribution in [3.05, 3.63) is 29.6 Å². The summed E-state index contributed by atoms with van der Waals surface area (Å²) >= 11 is 0.